The number of non-ortho nitro benzene ring substituents is 1. The highest BCUT2D eigenvalue weighted by molar-refractivity contribution is 5.94. The lowest BCUT2D eigenvalue weighted by Gasteiger charge is -2.61. The Labute approximate surface area is 250 Å². The predicted molar refractivity (Wildman–Crippen MR) is 162 cm³/mol. The third-order valence-corrected chi connectivity index (χ3v) is 12.7. The molecule has 0 bridgehead atoms. The second-order valence-corrected chi connectivity index (χ2v) is 15.2. The van der Waals surface area contributed by atoms with E-state index in [1.54, 1.807) is 0 Å². The van der Waals surface area contributed by atoms with Crippen LogP contribution in [0.5, 0.6) is 0 Å². The fraction of sp³-hybridized carbons (Fsp3) is 0.794. The molecule has 0 aliphatic heterocycles. The minimum absolute atomic E-state index is 0.219. The van der Waals surface area contributed by atoms with E-state index < -0.39 is 27.2 Å². The zero-order valence-corrected chi connectivity index (χ0v) is 26.2. The number of hydrogen-bond acceptors (Lipinski definition) is 6. The number of hydrogen-bond donors (Lipinski definition) is 0. The third-order valence-electron chi connectivity index (χ3n) is 12.7. The Morgan fingerprint density at radius 1 is 0.929 bits per heavy atom. The number of carbonyl (C=O) groups excluding carboxylic acids is 1. The average Bonchev–Trinajstić information content (AvgIpc) is 3.29. The van der Waals surface area contributed by atoms with Gasteiger partial charge in [-0.05, 0) is 116 Å². The molecule has 0 radical (unpaired) electrons. The van der Waals surface area contributed by atoms with Crippen LogP contribution in [0.25, 0.3) is 0 Å². The topological polar surface area (TPSA) is 113 Å². The van der Waals surface area contributed by atoms with Crippen molar-refractivity contribution in [1.29, 1.82) is 0 Å². The van der Waals surface area contributed by atoms with Gasteiger partial charge in [-0.1, -0.05) is 53.9 Å². The van der Waals surface area contributed by atoms with Gasteiger partial charge in [-0.3, -0.25) is 20.2 Å². The van der Waals surface area contributed by atoms with E-state index in [1.165, 1.54) is 51.4 Å². The molecule has 0 heterocycles. The van der Waals surface area contributed by atoms with Crippen molar-refractivity contribution >= 4 is 17.3 Å². The zero-order chi connectivity index (χ0) is 30.4. The maximum atomic E-state index is 13.0. The van der Waals surface area contributed by atoms with Gasteiger partial charge in [0.05, 0.1) is 15.9 Å². The lowest BCUT2D eigenvalue weighted by molar-refractivity contribution is -0.394. The minimum Gasteiger partial charge on any atom is -0.459 e. The van der Waals surface area contributed by atoms with Gasteiger partial charge in [0.2, 0.25) is 0 Å². The molecular weight excluding hydrogens is 532 g/mol. The summed E-state index contributed by atoms with van der Waals surface area (Å²) in [4.78, 5) is 34.2. The van der Waals surface area contributed by atoms with Crippen molar-refractivity contribution in [2.24, 2.45) is 52.3 Å². The second kappa shape index (κ2) is 11.9. The van der Waals surface area contributed by atoms with Crippen LogP contribution in [0.1, 0.15) is 122 Å². The SMILES string of the molecule is CC(C)CCC[C@@H](C)[C@H]1CC[C@H]2[C@@H]3CC[C@H]4C[C@H](OC(=O)c5ccc([N+](=O)[O-])cc5[N+](=O)[O-])CC[C@]4(C)[C@H]3CC[C@]12C. The molecule has 8 nitrogen and oxygen atoms in total. The van der Waals surface area contributed by atoms with Crippen LogP contribution >= 0.6 is 0 Å². The largest absolute Gasteiger partial charge is 0.459 e. The van der Waals surface area contributed by atoms with Crippen molar-refractivity contribution < 1.29 is 19.4 Å². The minimum atomic E-state index is -0.758. The van der Waals surface area contributed by atoms with Gasteiger partial charge in [0.25, 0.3) is 11.4 Å². The van der Waals surface area contributed by atoms with Crippen LogP contribution < -0.4 is 0 Å². The fourth-order valence-electron chi connectivity index (χ4n) is 10.5. The normalized spacial score (nSPS) is 36.4. The first kappa shape index (κ1) is 30.9. The average molecular weight is 583 g/mol. The van der Waals surface area contributed by atoms with Crippen molar-refractivity contribution in [3.8, 4) is 0 Å². The highest BCUT2D eigenvalue weighted by Crippen LogP contribution is 2.68. The Balaban J connectivity index is 1.23. The maximum absolute atomic E-state index is 13.0. The molecule has 4 aliphatic carbocycles. The molecule has 8 heteroatoms. The molecule has 0 unspecified atom stereocenters. The molecule has 9 atom stereocenters. The third kappa shape index (κ3) is 5.59. The van der Waals surface area contributed by atoms with E-state index in [0.717, 1.165) is 79.4 Å². The lowest BCUT2D eigenvalue weighted by Crippen LogP contribution is -2.54. The number of benzene rings is 1. The Bertz CT molecular complexity index is 1200. The van der Waals surface area contributed by atoms with E-state index in [9.17, 15) is 25.0 Å². The molecule has 4 fully saturated rings. The maximum Gasteiger partial charge on any atom is 0.345 e. The number of nitro benzene ring substituents is 2. The number of esters is 1. The number of ether oxygens (including phenoxy) is 1. The molecule has 0 saturated heterocycles. The molecule has 1 aromatic rings. The number of carbonyl (C=O) groups is 1. The molecule has 4 aliphatic rings. The van der Waals surface area contributed by atoms with Gasteiger partial charge in [-0.2, -0.15) is 0 Å². The van der Waals surface area contributed by atoms with Crippen LogP contribution in [0, 0.1) is 72.5 Å². The van der Waals surface area contributed by atoms with Gasteiger partial charge in [-0.15, -0.1) is 0 Å². The number of nitro groups is 2. The van der Waals surface area contributed by atoms with Gasteiger partial charge in [-0.25, -0.2) is 4.79 Å². The summed E-state index contributed by atoms with van der Waals surface area (Å²) in [6, 6.07) is 3.11. The predicted octanol–water partition coefficient (Wildman–Crippen LogP) is 9.15. The summed E-state index contributed by atoms with van der Waals surface area (Å²) in [6.45, 7) is 12.3. The summed E-state index contributed by atoms with van der Waals surface area (Å²) in [7, 11) is 0. The molecule has 0 spiro atoms. The van der Waals surface area contributed by atoms with Crippen LogP contribution in [0.2, 0.25) is 0 Å². The second-order valence-electron chi connectivity index (χ2n) is 15.2. The van der Waals surface area contributed by atoms with Crippen LogP contribution in [-0.4, -0.2) is 21.9 Å². The first-order valence-corrected chi connectivity index (χ1v) is 16.5. The summed E-state index contributed by atoms with van der Waals surface area (Å²) in [5.41, 5.74) is -0.504. The molecule has 42 heavy (non-hydrogen) atoms. The smallest absolute Gasteiger partial charge is 0.345 e. The van der Waals surface area contributed by atoms with Gasteiger partial charge in [0.1, 0.15) is 11.7 Å². The van der Waals surface area contributed by atoms with E-state index in [-0.39, 0.29) is 17.1 Å². The number of nitrogens with zero attached hydrogens (tertiary/aromatic N) is 2. The highest BCUT2D eigenvalue weighted by atomic mass is 16.6. The Morgan fingerprint density at radius 2 is 1.64 bits per heavy atom. The molecule has 232 valence electrons. The van der Waals surface area contributed by atoms with E-state index in [1.807, 2.05) is 0 Å². The van der Waals surface area contributed by atoms with Gasteiger partial charge in [0.15, 0.2) is 0 Å². The highest BCUT2D eigenvalue weighted by Gasteiger charge is 2.60. The van der Waals surface area contributed by atoms with Crippen molar-refractivity contribution in [3.05, 3.63) is 44.0 Å². The van der Waals surface area contributed by atoms with Crippen LogP contribution in [0.3, 0.4) is 0 Å². The lowest BCUT2D eigenvalue weighted by atomic mass is 9.44. The zero-order valence-electron chi connectivity index (χ0n) is 26.2. The van der Waals surface area contributed by atoms with Gasteiger partial charge in [0, 0.05) is 6.07 Å². The molecule has 1 aromatic carbocycles. The van der Waals surface area contributed by atoms with Crippen molar-refractivity contribution in [2.75, 3.05) is 0 Å². The standard InChI is InChI=1S/C34H50N2O6/c1-21(2)7-6-8-22(3)28-13-14-29-26-11-9-23-19-25(15-17-33(23,4)30(26)16-18-34(28,29)5)42-32(37)27-12-10-24(35(38)39)20-31(27)36(40)41/h10,12,20-23,25-26,28-30H,6-9,11,13-19H2,1-5H3/t22-,23+,25-,26+,28-,29+,30+,33+,34-/m1/s1. The molecule has 0 N–H and O–H groups in total. The van der Waals surface area contributed by atoms with Crippen LogP contribution in [0.4, 0.5) is 11.4 Å². The summed E-state index contributed by atoms with van der Waals surface area (Å²) >= 11 is 0. The first-order chi connectivity index (χ1) is 19.8. The van der Waals surface area contributed by atoms with E-state index >= 15 is 0 Å². The summed E-state index contributed by atoms with van der Waals surface area (Å²) in [5, 5.41) is 22.6. The van der Waals surface area contributed by atoms with Crippen LogP contribution in [-0.2, 0) is 4.74 Å². The summed E-state index contributed by atoms with van der Waals surface area (Å²) in [6.07, 6.45) is 14.2. The van der Waals surface area contributed by atoms with E-state index in [4.69, 9.17) is 4.74 Å². The molecule has 0 aromatic heterocycles. The fourth-order valence-corrected chi connectivity index (χ4v) is 10.5. The number of fused-ring (bicyclic) bond motifs is 5. The summed E-state index contributed by atoms with van der Waals surface area (Å²) < 4.78 is 5.86. The molecule has 5 rings (SSSR count). The van der Waals surface area contributed by atoms with E-state index in [2.05, 4.69) is 34.6 Å². The van der Waals surface area contributed by atoms with E-state index in [0.29, 0.717) is 11.3 Å². The van der Waals surface area contributed by atoms with Crippen LogP contribution in [0.15, 0.2) is 18.2 Å². The summed E-state index contributed by atoms with van der Waals surface area (Å²) in [5.74, 6) is 4.50. The Kier molecular flexibility index (Phi) is 8.75. The van der Waals surface area contributed by atoms with Crippen molar-refractivity contribution in [1.82, 2.24) is 0 Å². The quantitative estimate of drug-likeness (QED) is 0.163. The van der Waals surface area contributed by atoms with Crippen molar-refractivity contribution in [2.45, 2.75) is 118 Å². The first-order valence-electron chi connectivity index (χ1n) is 16.5. The molecule has 4 saturated carbocycles. The Hall–Kier alpha value is -2.51. The molecule has 0 amide bonds. The van der Waals surface area contributed by atoms with Crippen molar-refractivity contribution in [3.63, 3.8) is 0 Å². The number of rotatable bonds is 9. The molecular formula is C34H50N2O6. The Morgan fingerprint density at radius 3 is 2.33 bits per heavy atom. The monoisotopic (exact) mass is 582 g/mol. The van der Waals surface area contributed by atoms with Gasteiger partial charge < -0.3 is 4.74 Å². The van der Waals surface area contributed by atoms with Gasteiger partial charge >= 0.3 is 5.97 Å².